The van der Waals surface area contributed by atoms with Crippen molar-refractivity contribution in [2.45, 2.75) is 26.7 Å². The summed E-state index contributed by atoms with van der Waals surface area (Å²) in [6, 6.07) is 5.46. The molecule has 2 rings (SSSR count). The molecule has 0 saturated heterocycles. The average Bonchev–Trinajstić information content (AvgIpc) is 2.80. The molecule has 0 bridgehead atoms. The van der Waals surface area contributed by atoms with Crippen LogP contribution in [-0.4, -0.2) is 17.4 Å². The summed E-state index contributed by atoms with van der Waals surface area (Å²) in [5.74, 6) is 0.856. The van der Waals surface area contributed by atoms with Crippen LogP contribution in [0, 0.1) is 5.92 Å². The van der Waals surface area contributed by atoms with Crippen molar-refractivity contribution in [3.63, 3.8) is 0 Å². The minimum atomic E-state index is -0.0310. The van der Waals surface area contributed by atoms with Gasteiger partial charge in [0.1, 0.15) is 5.52 Å². The molecule has 0 aliphatic heterocycles. The van der Waals surface area contributed by atoms with Gasteiger partial charge in [0.2, 0.25) is 5.91 Å². The number of benzene rings is 1. The quantitative estimate of drug-likeness (QED) is 0.865. The van der Waals surface area contributed by atoms with E-state index in [2.05, 4.69) is 10.3 Å². The normalized spacial score (nSPS) is 12.6. The molecule has 102 valence electrons. The van der Waals surface area contributed by atoms with Gasteiger partial charge in [-0.1, -0.05) is 13.8 Å². The third kappa shape index (κ3) is 3.32. The first kappa shape index (κ1) is 13.5. The Balaban J connectivity index is 2.10. The molecular weight excluding hydrogens is 242 g/mol. The predicted molar refractivity (Wildman–Crippen MR) is 74.9 cm³/mol. The van der Waals surface area contributed by atoms with Gasteiger partial charge in [0.05, 0.1) is 0 Å². The molecule has 5 nitrogen and oxygen atoms in total. The second-order valence-electron chi connectivity index (χ2n) is 4.74. The highest BCUT2D eigenvalue weighted by atomic mass is 16.3. The molecule has 0 saturated carbocycles. The Hall–Kier alpha value is -1.88. The molecule has 19 heavy (non-hydrogen) atoms. The maximum atomic E-state index is 11.8. The zero-order chi connectivity index (χ0) is 13.8. The molecule has 0 radical (unpaired) electrons. The number of carbonyl (C=O) groups is 1. The van der Waals surface area contributed by atoms with Crippen molar-refractivity contribution in [3.05, 3.63) is 24.1 Å². The van der Waals surface area contributed by atoms with Gasteiger partial charge >= 0.3 is 0 Å². The monoisotopic (exact) mass is 261 g/mol. The summed E-state index contributed by atoms with van der Waals surface area (Å²) in [6.07, 6.45) is 1.18. The van der Waals surface area contributed by atoms with Gasteiger partial charge in [-0.25, -0.2) is 4.98 Å². The van der Waals surface area contributed by atoms with Gasteiger partial charge in [0, 0.05) is 18.5 Å². The third-order valence-electron chi connectivity index (χ3n) is 2.95. The van der Waals surface area contributed by atoms with Gasteiger partial charge in [0.25, 0.3) is 0 Å². The van der Waals surface area contributed by atoms with Crippen LogP contribution in [0.4, 0.5) is 5.69 Å². The van der Waals surface area contributed by atoms with Crippen LogP contribution in [0.25, 0.3) is 11.1 Å². The number of anilines is 1. The van der Waals surface area contributed by atoms with E-state index in [-0.39, 0.29) is 11.8 Å². The van der Waals surface area contributed by atoms with E-state index in [1.165, 1.54) is 0 Å². The van der Waals surface area contributed by atoms with Crippen LogP contribution in [0.1, 0.15) is 26.2 Å². The van der Waals surface area contributed by atoms with Crippen molar-refractivity contribution in [2.75, 3.05) is 11.9 Å². The van der Waals surface area contributed by atoms with Crippen molar-refractivity contribution in [3.8, 4) is 0 Å². The molecule has 3 N–H and O–H groups in total. The van der Waals surface area contributed by atoms with Gasteiger partial charge < -0.3 is 15.5 Å². The number of oxazole rings is 1. The van der Waals surface area contributed by atoms with E-state index in [1.54, 1.807) is 0 Å². The Labute approximate surface area is 112 Å². The zero-order valence-electron chi connectivity index (χ0n) is 11.3. The van der Waals surface area contributed by atoms with Crippen molar-refractivity contribution >= 4 is 22.7 Å². The maximum absolute atomic E-state index is 11.8. The summed E-state index contributed by atoms with van der Waals surface area (Å²) < 4.78 is 5.52. The number of nitrogens with one attached hydrogen (secondary N) is 1. The molecule has 1 unspecified atom stereocenters. The Kier molecular flexibility index (Phi) is 4.16. The summed E-state index contributed by atoms with van der Waals surface area (Å²) in [5.41, 5.74) is 7.74. The number of amides is 1. The van der Waals surface area contributed by atoms with Crippen LogP contribution in [0.2, 0.25) is 0 Å². The maximum Gasteiger partial charge on any atom is 0.224 e. The summed E-state index contributed by atoms with van der Waals surface area (Å²) in [7, 11) is 0. The largest absolute Gasteiger partial charge is 0.441 e. The van der Waals surface area contributed by atoms with Gasteiger partial charge in [-0.05, 0) is 30.7 Å². The Morgan fingerprint density at radius 2 is 2.32 bits per heavy atom. The lowest BCUT2D eigenvalue weighted by Crippen LogP contribution is -2.20. The van der Waals surface area contributed by atoms with E-state index >= 15 is 0 Å². The lowest BCUT2D eigenvalue weighted by atomic mass is 10.1. The molecule has 1 heterocycles. The molecular formula is C14H19N3O2. The summed E-state index contributed by atoms with van der Waals surface area (Å²) in [4.78, 5) is 16.1. The number of hydrogen-bond acceptors (Lipinski definition) is 4. The van der Waals surface area contributed by atoms with Crippen molar-refractivity contribution in [1.29, 1.82) is 0 Å². The standard InChI is InChI=1S/C14H19N3O2/c1-3-14-17-11-7-10(4-5-12(11)19-14)16-13(18)6-9(2)8-15/h4-5,7,9H,3,6,8,15H2,1-2H3,(H,16,18). The molecule has 5 heteroatoms. The smallest absolute Gasteiger partial charge is 0.224 e. The first-order valence-electron chi connectivity index (χ1n) is 6.51. The number of aryl methyl sites for hydroxylation is 1. The second-order valence-corrected chi connectivity index (χ2v) is 4.74. The van der Waals surface area contributed by atoms with Crippen molar-refractivity contribution < 1.29 is 9.21 Å². The van der Waals surface area contributed by atoms with Gasteiger partial charge in [0.15, 0.2) is 11.5 Å². The third-order valence-corrected chi connectivity index (χ3v) is 2.95. The molecule has 1 aromatic heterocycles. The lowest BCUT2D eigenvalue weighted by molar-refractivity contribution is -0.116. The van der Waals surface area contributed by atoms with E-state index in [0.717, 1.165) is 23.2 Å². The molecule has 1 atom stereocenters. The molecule has 1 aromatic carbocycles. The second kappa shape index (κ2) is 5.84. The van der Waals surface area contributed by atoms with Crippen LogP contribution in [-0.2, 0) is 11.2 Å². The van der Waals surface area contributed by atoms with Crippen molar-refractivity contribution in [1.82, 2.24) is 4.98 Å². The number of nitrogens with zero attached hydrogens (tertiary/aromatic N) is 1. The predicted octanol–water partition coefficient (Wildman–Crippen LogP) is 2.31. The molecule has 0 aliphatic rings. The number of fused-ring (bicyclic) bond motifs is 1. The molecule has 0 fully saturated rings. The fourth-order valence-electron chi connectivity index (χ4n) is 1.82. The Bertz CT molecular complexity index is 577. The highest BCUT2D eigenvalue weighted by Gasteiger charge is 2.09. The highest BCUT2D eigenvalue weighted by molar-refractivity contribution is 5.92. The molecule has 2 aromatic rings. The Morgan fingerprint density at radius 1 is 1.53 bits per heavy atom. The fourth-order valence-corrected chi connectivity index (χ4v) is 1.82. The summed E-state index contributed by atoms with van der Waals surface area (Å²) >= 11 is 0. The van der Waals surface area contributed by atoms with E-state index < -0.39 is 0 Å². The van der Waals surface area contributed by atoms with Crippen LogP contribution >= 0.6 is 0 Å². The van der Waals surface area contributed by atoms with Crippen molar-refractivity contribution in [2.24, 2.45) is 11.7 Å². The van der Waals surface area contributed by atoms with Gasteiger partial charge in [-0.15, -0.1) is 0 Å². The van der Waals surface area contributed by atoms with Gasteiger partial charge in [-0.3, -0.25) is 4.79 Å². The lowest BCUT2D eigenvalue weighted by Gasteiger charge is -2.08. The molecule has 1 amide bonds. The highest BCUT2D eigenvalue weighted by Crippen LogP contribution is 2.20. The zero-order valence-corrected chi connectivity index (χ0v) is 11.3. The molecule has 0 spiro atoms. The first-order chi connectivity index (χ1) is 9.12. The Morgan fingerprint density at radius 3 is 3.00 bits per heavy atom. The van der Waals surface area contributed by atoms with Crippen LogP contribution in [0.5, 0.6) is 0 Å². The first-order valence-corrected chi connectivity index (χ1v) is 6.51. The number of nitrogens with two attached hydrogens (primary N) is 1. The number of aromatic nitrogens is 1. The summed E-state index contributed by atoms with van der Waals surface area (Å²) in [6.45, 7) is 4.45. The fraction of sp³-hybridized carbons (Fsp3) is 0.429. The van der Waals surface area contributed by atoms with E-state index in [4.69, 9.17) is 10.2 Å². The van der Waals surface area contributed by atoms with Gasteiger partial charge in [-0.2, -0.15) is 0 Å². The van der Waals surface area contributed by atoms with Crippen LogP contribution in [0.3, 0.4) is 0 Å². The topological polar surface area (TPSA) is 81.2 Å². The van der Waals surface area contributed by atoms with Crippen LogP contribution < -0.4 is 11.1 Å². The minimum Gasteiger partial charge on any atom is -0.441 e. The number of carbonyl (C=O) groups excluding carboxylic acids is 1. The number of hydrogen-bond donors (Lipinski definition) is 2. The van der Waals surface area contributed by atoms with E-state index in [1.807, 2.05) is 32.0 Å². The minimum absolute atomic E-state index is 0.0310. The van der Waals surface area contributed by atoms with Crippen LogP contribution in [0.15, 0.2) is 22.6 Å². The number of rotatable bonds is 5. The molecule has 0 aliphatic carbocycles. The van der Waals surface area contributed by atoms with E-state index in [9.17, 15) is 4.79 Å². The average molecular weight is 261 g/mol. The summed E-state index contributed by atoms with van der Waals surface area (Å²) in [5, 5.41) is 2.85. The van der Waals surface area contributed by atoms with E-state index in [0.29, 0.717) is 18.9 Å². The SMILES string of the molecule is CCc1nc2cc(NC(=O)CC(C)CN)ccc2o1.